The van der Waals surface area contributed by atoms with Gasteiger partial charge in [-0.25, -0.2) is 4.39 Å². The van der Waals surface area contributed by atoms with Gasteiger partial charge in [0.05, 0.1) is 6.61 Å². The number of hydrogen-bond acceptors (Lipinski definition) is 1. The number of rotatable bonds is 5. The lowest BCUT2D eigenvalue weighted by Crippen LogP contribution is -2.08. The van der Waals surface area contributed by atoms with Gasteiger partial charge in [0, 0.05) is 6.07 Å². The molecule has 92 valence electrons. The van der Waals surface area contributed by atoms with Crippen LogP contribution in [0.25, 0.3) is 0 Å². The third-order valence-electron chi connectivity index (χ3n) is 2.86. The Bertz CT molecular complexity index is 499. The molecule has 0 N–H and O–H groups in total. The number of hydrogen-bond donors (Lipinski definition) is 0. The fourth-order valence-corrected chi connectivity index (χ4v) is 1.77. The van der Waals surface area contributed by atoms with Crippen molar-refractivity contribution in [1.29, 1.82) is 0 Å². The summed E-state index contributed by atoms with van der Waals surface area (Å²) in [5.41, 5.74) is 1.95. The standard InChI is InChI=1S/C15H16BFO/c16-14-9-8-13(11-15(14)17)18-10-4-7-12-5-2-1-3-6-12/h1-3,5-6,8-9,11H,4,7,10,16H2. The van der Waals surface area contributed by atoms with Gasteiger partial charge in [-0.05, 0) is 24.5 Å². The lowest BCUT2D eigenvalue weighted by molar-refractivity contribution is 0.309. The summed E-state index contributed by atoms with van der Waals surface area (Å²) in [6.45, 7) is 0.609. The van der Waals surface area contributed by atoms with Crippen LogP contribution in [-0.2, 0) is 6.42 Å². The molecule has 2 aromatic carbocycles. The Morgan fingerprint density at radius 3 is 2.56 bits per heavy atom. The maximum Gasteiger partial charge on any atom is 0.143 e. The lowest BCUT2D eigenvalue weighted by Gasteiger charge is -2.07. The molecule has 0 spiro atoms. The molecule has 0 aliphatic carbocycles. The summed E-state index contributed by atoms with van der Waals surface area (Å²) in [5.74, 6) is 0.390. The quantitative estimate of drug-likeness (QED) is 0.576. The molecular weight excluding hydrogens is 226 g/mol. The highest BCUT2D eigenvalue weighted by Gasteiger charge is 2.00. The van der Waals surface area contributed by atoms with E-state index in [0.29, 0.717) is 17.8 Å². The van der Waals surface area contributed by atoms with Gasteiger partial charge in [-0.1, -0.05) is 41.9 Å². The zero-order valence-corrected chi connectivity index (χ0v) is 10.5. The largest absolute Gasteiger partial charge is 0.493 e. The summed E-state index contributed by atoms with van der Waals surface area (Å²) in [4.78, 5) is 0. The Hall–Kier alpha value is -1.77. The van der Waals surface area contributed by atoms with Gasteiger partial charge in [-0.3, -0.25) is 0 Å². The predicted octanol–water partition coefficient (Wildman–Crippen LogP) is 2.10. The van der Waals surface area contributed by atoms with Gasteiger partial charge in [0.15, 0.2) is 0 Å². The van der Waals surface area contributed by atoms with Crippen LogP contribution < -0.4 is 10.2 Å². The van der Waals surface area contributed by atoms with Gasteiger partial charge in [-0.15, -0.1) is 0 Å². The van der Waals surface area contributed by atoms with E-state index in [0.717, 1.165) is 12.8 Å². The minimum Gasteiger partial charge on any atom is -0.493 e. The van der Waals surface area contributed by atoms with E-state index in [9.17, 15) is 4.39 Å². The molecule has 0 aromatic heterocycles. The van der Waals surface area contributed by atoms with Crippen LogP contribution in [0.3, 0.4) is 0 Å². The van der Waals surface area contributed by atoms with Gasteiger partial charge in [0.1, 0.15) is 19.4 Å². The summed E-state index contributed by atoms with van der Waals surface area (Å²) in [7, 11) is 1.74. The summed E-state index contributed by atoms with van der Waals surface area (Å²) >= 11 is 0. The zero-order chi connectivity index (χ0) is 12.8. The topological polar surface area (TPSA) is 9.23 Å². The van der Waals surface area contributed by atoms with Crippen LogP contribution in [0.5, 0.6) is 5.75 Å². The van der Waals surface area contributed by atoms with E-state index in [1.807, 2.05) is 18.2 Å². The van der Waals surface area contributed by atoms with Crippen molar-refractivity contribution in [2.45, 2.75) is 12.8 Å². The molecule has 2 aromatic rings. The monoisotopic (exact) mass is 242 g/mol. The van der Waals surface area contributed by atoms with E-state index < -0.39 is 0 Å². The minimum atomic E-state index is -0.212. The fourth-order valence-electron chi connectivity index (χ4n) is 1.77. The molecule has 18 heavy (non-hydrogen) atoms. The second-order valence-electron chi connectivity index (χ2n) is 4.35. The van der Waals surface area contributed by atoms with Crippen molar-refractivity contribution < 1.29 is 9.13 Å². The van der Waals surface area contributed by atoms with Crippen molar-refractivity contribution in [2.75, 3.05) is 6.61 Å². The minimum absolute atomic E-state index is 0.212. The summed E-state index contributed by atoms with van der Waals surface area (Å²) in [6.07, 6.45) is 1.91. The summed E-state index contributed by atoms with van der Waals surface area (Å²) in [5, 5.41) is 0. The second-order valence-corrected chi connectivity index (χ2v) is 4.35. The van der Waals surface area contributed by atoms with Crippen LogP contribution in [0.15, 0.2) is 48.5 Å². The molecule has 0 fully saturated rings. The van der Waals surface area contributed by atoms with Crippen LogP contribution in [0.4, 0.5) is 4.39 Å². The van der Waals surface area contributed by atoms with E-state index >= 15 is 0 Å². The highest BCUT2D eigenvalue weighted by Crippen LogP contribution is 2.11. The van der Waals surface area contributed by atoms with Crippen molar-refractivity contribution in [3.8, 4) is 5.75 Å². The first-order valence-electron chi connectivity index (χ1n) is 6.18. The molecule has 0 bridgehead atoms. The Labute approximate surface area is 108 Å². The van der Waals surface area contributed by atoms with Crippen LogP contribution in [0.1, 0.15) is 12.0 Å². The van der Waals surface area contributed by atoms with Gasteiger partial charge in [0.2, 0.25) is 0 Å². The van der Waals surface area contributed by atoms with Crippen LogP contribution >= 0.6 is 0 Å². The van der Waals surface area contributed by atoms with Gasteiger partial charge in [-0.2, -0.15) is 0 Å². The third-order valence-corrected chi connectivity index (χ3v) is 2.86. The molecule has 0 aliphatic rings. The highest BCUT2D eigenvalue weighted by atomic mass is 19.1. The fraction of sp³-hybridized carbons (Fsp3) is 0.200. The molecule has 0 unspecified atom stereocenters. The molecule has 0 heterocycles. The van der Waals surface area contributed by atoms with E-state index in [4.69, 9.17) is 4.74 Å². The van der Waals surface area contributed by atoms with Crippen molar-refractivity contribution >= 4 is 13.3 Å². The molecule has 0 saturated carbocycles. The second kappa shape index (κ2) is 6.24. The number of ether oxygens (including phenoxy) is 1. The first kappa shape index (κ1) is 12.7. The maximum absolute atomic E-state index is 13.3. The SMILES string of the molecule is Bc1ccc(OCCCc2ccccc2)cc1F. The molecule has 3 heteroatoms. The van der Waals surface area contributed by atoms with Crippen LogP contribution in [0.2, 0.25) is 0 Å². The molecular formula is C15H16BFO. The Kier molecular flexibility index (Phi) is 4.40. The van der Waals surface area contributed by atoms with Crippen molar-refractivity contribution in [3.05, 3.63) is 59.9 Å². The van der Waals surface area contributed by atoms with Gasteiger partial charge >= 0.3 is 0 Å². The van der Waals surface area contributed by atoms with Gasteiger partial charge in [0.25, 0.3) is 0 Å². The van der Waals surface area contributed by atoms with E-state index in [1.165, 1.54) is 11.6 Å². The molecule has 0 amide bonds. The number of benzene rings is 2. The average Bonchev–Trinajstić information content (AvgIpc) is 2.40. The average molecular weight is 242 g/mol. The highest BCUT2D eigenvalue weighted by molar-refractivity contribution is 6.32. The smallest absolute Gasteiger partial charge is 0.143 e. The van der Waals surface area contributed by atoms with Crippen molar-refractivity contribution in [3.63, 3.8) is 0 Å². The Balaban J connectivity index is 1.77. The van der Waals surface area contributed by atoms with Crippen LogP contribution in [0, 0.1) is 5.82 Å². The van der Waals surface area contributed by atoms with E-state index in [1.54, 1.807) is 20.0 Å². The Morgan fingerprint density at radius 2 is 1.83 bits per heavy atom. The van der Waals surface area contributed by atoms with Gasteiger partial charge < -0.3 is 4.74 Å². The van der Waals surface area contributed by atoms with Crippen molar-refractivity contribution in [2.24, 2.45) is 0 Å². The number of halogens is 1. The molecule has 2 rings (SSSR count). The number of aryl methyl sites for hydroxylation is 1. The zero-order valence-electron chi connectivity index (χ0n) is 10.5. The Morgan fingerprint density at radius 1 is 1.06 bits per heavy atom. The summed E-state index contributed by atoms with van der Waals surface area (Å²) in [6, 6.07) is 15.3. The van der Waals surface area contributed by atoms with E-state index in [2.05, 4.69) is 12.1 Å². The van der Waals surface area contributed by atoms with Crippen LogP contribution in [-0.4, -0.2) is 14.5 Å². The molecule has 0 aliphatic heterocycles. The molecule has 1 nitrogen and oxygen atoms in total. The maximum atomic E-state index is 13.3. The first-order chi connectivity index (χ1) is 8.75. The molecule has 0 atom stereocenters. The summed E-state index contributed by atoms with van der Waals surface area (Å²) < 4.78 is 18.8. The molecule has 0 radical (unpaired) electrons. The molecule has 0 saturated heterocycles. The van der Waals surface area contributed by atoms with E-state index in [-0.39, 0.29) is 5.82 Å². The first-order valence-corrected chi connectivity index (χ1v) is 6.18. The lowest BCUT2D eigenvalue weighted by atomic mass is 9.96. The van der Waals surface area contributed by atoms with Crippen molar-refractivity contribution in [1.82, 2.24) is 0 Å². The predicted molar refractivity (Wildman–Crippen MR) is 74.8 cm³/mol. The normalized spacial score (nSPS) is 10.3. The third kappa shape index (κ3) is 3.62.